The Morgan fingerprint density at radius 1 is 1.09 bits per heavy atom. The number of para-hydroxylation sites is 1. The number of hydrogen-bond acceptors (Lipinski definition) is 6. The number of ether oxygens (including phenoxy) is 1. The van der Waals surface area contributed by atoms with Crippen molar-refractivity contribution in [2.24, 2.45) is 0 Å². The van der Waals surface area contributed by atoms with Crippen LogP contribution in [0.15, 0.2) is 76.2 Å². The molecule has 160 valence electrons. The average molecular weight is 428 g/mol. The standard InChI is InChI=1S/C25H20N2O5/c1-2-31-20-13-16(7-8-18(20)28)22-21-23(29)17-5-3-4-6-19(17)32-24(21)25(30)27(22)14-15-9-11-26-12-10-15/h3-13,22,28H,2,14H2,1H3. The molecule has 1 amide bonds. The second-order valence-corrected chi connectivity index (χ2v) is 7.52. The first-order valence-corrected chi connectivity index (χ1v) is 10.3. The molecule has 2 aromatic heterocycles. The number of carbonyl (C=O) groups is 1. The summed E-state index contributed by atoms with van der Waals surface area (Å²) in [5.41, 5.74) is 1.93. The van der Waals surface area contributed by atoms with Gasteiger partial charge in [0.05, 0.1) is 23.6 Å². The first-order valence-electron chi connectivity index (χ1n) is 10.3. The Morgan fingerprint density at radius 3 is 2.66 bits per heavy atom. The Balaban J connectivity index is 1.72. The summed E-state index contributed by atoms with van der Waals surface area (Å²) in [6.45, 7) is 2.44. The van der Waals surface area contributed by atoms with Gasteiger partial charge in [0.2, 0.25) is 5.76 Å². The van der Waals surface area contributed by atoms with Gasteiger partial charge in [0.25, 0.3) is 5.91 Å². The van der Waals surface area contributed by atoms with Gasteiger partial charge >= 0.3 is 0 Å². The smallest absolute Gasteiger partial charge is 0.291 e. The first-order chi connectivity index (χ1) is 15.6. The fourth-order valence-corrected chi connectivity index (χ4v) is 4.13. The quantitative estimate of drug-likeness (QED) is 0.516. The fourth-order valence-electron chi connectivity index (χ4n) is 4.13. The third kappa shape index (κ3) is 3.19. The molecule has 32 heavy (non-hydrogen) atoms. The van der Waals surface area contributed by atoms with Gasteiger partial charge in [0.15, 0.2) is 16.9 Å². The van der Waals surface area contributed by atoms with Crippen LogP contribution in [-0.2, 0) is 6.54 Å². The highest BCUT2D eigenvalue weighted by molar-refractivity contribution is 5.99. The van der Waals surface area contributed by atoms with E-state index in [1.165, 1.54) is 6.07 Å². The summed E-state index contributed by atoms with van der Waals surface area (Å²) in [7, 11) is 0. The predicted octanol–water partition coefficient (Wildman–Crippen LogP) is 4.04. The lowest BCUT2D eigenvalue weighted by molar-refractivity contribution is 0.0714. The van der Waals surface area contributed by atoms with E-state index in [4.69, 9.17) is 9.15 Å². The molecule has 1 unspecified atom stereocenters. The number of pyridine rings is 1. The van der Waals surface area contributed by atoms with E-state index in [0.717, 1.165) is 5.56 Å². The monoisotopic (exact) mass is 428 g/mol. The van der Waals surface area contributed by atoms with E-state index in [1.807, 2.05) is 19.1 Å². The number of rotatable bonds is 5. The van der Waals surface area contributed by atoms with Gasteiger partial charge in [0.1, 0.15) is 5.58 Å². The van der Waals surface area contributed by atoms with Crippen LogP contribution in [0.4, 0.5) is 0 Å². The lowest BCUT2D eigenvalue weighted by atomic mass is 9.98. The second kappa shape index (κ2) is 7.85. The normalized spacial score (nSPS) is 15.2. The lowest BCUT2D eigenvalue weighted by Crippen LogP contribution is -2.29. The van der Waals surface area contributed by atoms with Crippen molar-refractivity contribution in [3.05, 3.63) is 99.7 Å². The van der Waals surface area contributed by atoms with E-state index < -0.39 is 6.04 Å². The van der Waals surface area contributed by atoms with E-state index in [-0.39, 0.29) is 35.0 Å². The van der Waals surface area contributed by atoms with Gasteiger partial charge < -0.3 is 19.2 Å². The summed E-state index contributed by atoms with van der Waals surface area (Å²) >= 11 is 0. The number of phenols is 1. The maximum absolute atomic E-state index is 13.5. The zero-order valence-corrected chi connectivity index (χ0v) is 17.3. The summed E-state index contributed by atoms with van der Waals surface area (Å²) < 4.78 is 11.5. The summed E-state index contributed by atoms with van der Waals surface area (Å²) in [4.78, 5) is 32.6. The number of amides is 1. The second-order valence-electron chi connectivity index (χ2n) is 7.52. The Bertz CT molecular complexity index is 1380. The maximum Gasteiger partial charge on any atom is 0.291 e. The van der Waals surface area contributed by atoms with E-state index >= 15 is 0 Å². The Hall–Kier alpha value is -4.13. The number of carbonyl (C=O) groups excluding carboxylic acids is 1. The van der Waals surface area contributed by atoms with Crippen molar-refractivity contribution < 1.29 is 19.1 Å². The fraction of sp³-hybridized carbons (Fsp3) is 0.160. The number of nitrogens with zero attached hydrogens (tertiary/aromatic N) is 2. The molecule has 7 heteroatoms. The molecule has 2 aromatic carbocycles. The lowest BCUT2D eigenvalue weighted by Gasteiger charge is -2.25. The Labute approximate surface area is 183 Å². The highest BCUT2D eigenvalue weighted by Crippen LogP contribution is 2.41. The number of aromatic hydroxyl groups is 1. The predicted molar refractivity (Wildman–Crippen MR) is 118 cm³/mol. The Kier molecular flexibility index (Phi) is 4.86. The molecule has 5 rings (SSSR count). The molecule has 7 nitrogen and oxygen atoms in total. The maximum atomic E-state index is 13.5. The zero-order chi connectivity index (χ0) is 22.2. The molecule has 3 heterocycles. The minimum atomic E-state index is -0.689. The van der Waals surface area contributed by atoms with Gasteiger partial charge in [-0.3, -0.25) is 14.6 Å². The molecule has 0 fully saturated rings. The van der Waals surface area contributed by atoms with Crippen molar-refractivity contribution in [3.63, 3.8) is 0 Å². The van der Waals surface area contributed by atoms with Crippen molar-refractivity contribution in [2.45, 2.75) is 19.5 Å². The van der Waals surface area contributed by atoms with E-state index in [0.29, 0.717) is 28.9 Å². The van der Waals surface area contributed by atoms with Crippen LogP contribution < -0.4 is 10.2 Å². The molecule has 1 aliphatic heterocycles. The highest BCUT2D eigenvalue weighted by atomic mass is 16.5. The molecule has 0 aliphatic carbocycles. The van der Waals surface area contributed by atoms with Gasteiger partial charge in [-0.2, -0.15) is 0 Å². The van der Waals surface area contributed by atoms with Crippen LogP contribution >= 0.6 is 0 Å². The molecule has 0 bridgehead atoms. The van der Waals surface area contributed by atoms with E-state index in [2.05, 4.69) is 4.98 Å². The topological polar surface area (TPSA) is 92.9 Å². The van der Waals surface area contributed by atoms with Gasteiger partial charge in [-0.1, -0.05) is 18.2 Å². The molecule has 0 saturated carbocycles. The highest BCUT2D eigenvalue weighted by Gasteiger charge is 2.43. The molecule has 0 radical (unpaired) electrons. The number of fused-ring (bicyclic) bond motifs is 2. The molecular formula is C25H20N2O5. The van der Waals surface area contributed by atoms with Gasteiger partial charge in [-0.15, -0.1) is 0 Å². The zero-order valence-electron chi connectivity index (χ0n) is 17.3. The number of aromatic nitrogens is 1. The van der Waals surface area contributed by atoms with E-state index in [9.17, 15) is 14.7 Å². The van der Waals surface area contributed by atoms with Gasteiger partial charge in [0, 0.05) is 18.9 Å². The van der Waals surface area contributed by atoms with Crippen molar-refractivity contribution >= 4 is 16.9 Å². The Morgan fingerprint density at radius 2 is 1.88 bits per heavy atom. The van der Waals surface area contributed by atoms with Crippen LogP contribution in [-0.4, -0.2) is 27.5 Å². The molecule has 1 aliphatic rings. The number of benzene rings is 2. The van der Waals surface area contributed by atoms with E-state index in [1.54, 1.807) is 53.7 Å². The summed E-state index contributed by atoms with van der Waals surface area (Å²) in [6, 6.07) is 14.7. The summed E-state index contributed by atoms with van der Waals surface area (Å²) in [5.74, 6) is -0.0409. The minimum Gasteiger partial charge on any atom is -0.504 e. The third-order valence-electron chi connectivity index (χ3n) is 5.57. The van der Waals surface area contributed by atoms with Crippen molar-refractivity contribution in [3.8, 4) is 11.5 Å². The third-order valence-corrected chi connectivity index (χ3v) is 5.57. The van der Waals surface area contributed by atoms with Crippen molar-refractivity contribution in [1.29, 1.82) is 0 Å². The van der Waals surface area contributed by atoms with Crippen LogP contribution in [0.5, 0.6) is 11.5 Å². The summed E-state index contributed by atoms with van der Waals surface area (Å²) in [6.07, 6.45) is 3.31. The SMILES string of the molecule is CCOc1cc(C2c3c(oc4ccccc4c3=O)C(=O)N2Cc2ccncc2)ccc1O. The van der Waals surface area contributed by atoms with Crippen LogP contribution in [0.1, 0.15) is 40.2 Å². The average Bonchev–Trinajstić information content (AvgIpc) is 3.08. The van der Waals surface area contributed by atoms with Gasteiger partial charge in [-0.05, 0) is 54.4 Å². The van der Waals surface area contributed by atoms with Crippen LogP contribution in [0.2, 0.25) is 0 Å². The molecule has 0 spiro atoms. The van der Waals surface area contributed by atoms with Crippen LogP contribution in [0.25, 0.3) is 11.0 Å². The first kappa shape index (κ1) is 19.8. The molecular weight excluding hydrogens is 408 g/mol. The van der Waals surface area contributed by atoms with Crippen molar-refractivity contribution in [2.75, 3.05) is 6.61 Å². The molecule has 1 N–H and O–H groups in total. The minimum absolute atomic E-state index is 0.00798. The number of hydrogen-bond donors (Lipinski definition) is 1. The molecule has 1 atom stereocenters. The van der Waals surface area contributed by atoms with Crippen LogP contribution in [0.3, 0.4) is 0 Å². The van der Waals surface area contributed by atoms with Crippen LogP contribution in [0, 0.1) is 0 Å². The summed E-state index contributed by atoms with van der Waals surface area (Å²) in [5, 5.41) is 10.6. The van der Waals surface area contributed by atoms with Crippen molar-refractivity contribution in [1.82, 2.24) is 9.88 Å². The number of phenolic OH excluding ortho intramolecular Hbond substituents is 1. The largest absolute Gasteiger partial charge is 0.504 e. The van der Waals surface area contributed by atoms with Gasteiger partial charge in [-0.25, -0.2) is 0 Å². The molecule has 0 saturated heterocycles. The molecule has 4 aromatic rings.